The van der Waals surface area contributed by atoms with Crippen molar-refractivity contribution >= 4 is 0 Å². The van der Waals surface area contributed by atoms with Gasteiger partial charge in [0.15, 0.2) is 0 Å². The molecule has 15 heavy (non-hydrogen) atoms. The lowest BCUT2D eigenvalue weighted by molar-refractivity contribution is 0.407. The molecule has 2 N–H and O–H groups in total. The fourth-order valence-corrected chi connectivity index (χ4v) is 2.35. The van der Waals surface area contributed by atoms with Crippen molar-refractivity contribution in [2.24, 2.45) is 11.1 Å². The van der Waals surface area contributed by atoms with Gasteiger partial charge in [0.05, 0.1) is 7.11 Å². The summed E-state index contributed by atoms with van der Waals surface area (Å²) in [7, 11) is 1.72. The molecule has 0 radical (unpaired) electrons. The van der Waals surface area contributed by atoms with E-state index >= 15 is 0 Å². The first-order chi connectivity index (χ1) is 6.98. The van der Waals surface area contributed by atoms with Crippen LogP contribution in [0.2, 0.25) is 0 Å². The van der Waals surface area contributed by atoms with Crippen molar-refractivity contribution in [2.75, 3.05) is 7.11 Å². The maximum Gasteiger partial charge on any atom is 0.122 e. The van der Waals surface area contributed by atoms with Crippen molar-refractivity contribution in [3.63, 3.8) is 0 Å². The third kappa shape index (κ3) is 1.53. The molecule has 1 aliphatic rings. The molecule has 0 unspecified atom stereocenters. The Bertz CT molecular complexity index is 384. The number of ether oxygens (including phenoxy) is 1. The van der Waals surface area contributed by atoms with Crippen molar-refractivity contribution < 1.29 is 4.74 Å². The minimum atomic E-state index is 0.211. The highest BCUT2D eigenvalue weighted by atomic mass is 16.5. The molecule has 1 saturated carbocycles. The Morgan fingerprint density at radius 3 is 2.40 bits per heavy atom. The molecule has 2 nitrogen and oxygen atoms in total. The molecule has 1 aromatic carbocycles. The van der Waals surface area contributed by atoms with Crippen molar-refractivity contribution in [3.05, 3.63) is 29.3 Å². The zero-order valence-electron chi connectivity index (χ0n) is 9.87. The second-order valence-electron chi connectivity index (χ2n) is 5.07. The lowest BCUT2D eigenvalue weighted by Gasteiger charge is -2.10. The second kappa shape index (κ2) is 3.24. The van der Waals surface area contributed by atoms with Crippen LogP contribution in [0.5, 0.6) is 5.75 Å². The standard InChI is InChI=1S/C13H19NO/c1-8-5-6-9(10(7-8)15-4)11-12(14)13(11,2)3/h5-7,11-12H,14H2,1-4H3/t11-,12-/m0/s1. The van der Waals surface area contributed by atoms with E-state index in [-0.39, 0.29) is 11.5 Å². The normalized spacial score (nSPS) is 27.5. The van der Waals surface area contributed by atoms with Crippen molar-refractivity contribution in [1.82, 2.24) is 0 Å². The summed E-state index contributed by atoms with van der Waals surface area (Å²) in [6.07, 6.45) is 0. The summed E-state index contributed by atoms with van der Waals surface area (Å²) < 4.78 is 5.41. The third-order valence-corrected chi connectivity index (χ3v) is 3.63. The molecule has 0 spiro atoms. The maximum atomic E-state index is 6.08. The Morgan fingerprint density at radius 2 is 1.93 bits per heavy atom. The van der Waals surface area contributed by atoms with Crippen LogP contribution in [0.25, 0.3) is 0 Å². The van der Waals surface area contributed by atoms with Gasteiger partial charge >= 0.3 is 0 Å². The summed E-state index contributed by atoms with van der Waals surface area (Å²) in [5.41, 5.74) is 8.77. The molecule has 0 amide bonds. The van der Waals surface area contributed by atoms with Gasteiger partial charge in [-0.15, -0.1) is 0 Å². The van der Waals surface area contributed by atoms with Crippen LogP contribution in [0.1, 0.15) is 30.9 Å². The molecule has 2 atom stereocenters. The van der Waals surface area contributed by atoms with Crippen molar-refractivity contribution in [2.45, 2.75) is 32.7 Å². The Kier molecular flexibility index (Phi) is 2.27. The van der Waals surface area contributed by atoms with Crippen LogP contribution in [-0.2, 0) is 0 Å². The molecule has 1 fully saturated rings. The highest BCUT2D eigenvalue weighted by Crippen LogP contribution is 2.59. The van der Waals surface area contributed by atoms with Gasteiger partial charge in [0.2, 0.25) is 0 Å². The Morgan fingerprint density at radius 1 is 1.33 bits per heavy atom. The quantitative estimate of drug-likeness (QED) is 0.805. The maximum absolute atomic E-state index is 6.08. The molecule has 0 aliphatic heterocycles. The van der Waals surface area contributed by atoms with Gasteiger partial charge in [-0.2, -0.15) is 0 Å². The molecule has 0 aromatic heterocycles. The number of aryl methyl sites for hydroxylation is 1. The largest absolute Gasteiger partial charge is 0.496 e. The number of methoxy groups -OCH3 is 1. The molecule has 1 aromatic rings. The van der Waals surface area contributed by atoms with Crippen LogP contribution < -0.4 is 10.5 Å². The number of hydrogen-bond acceptors (Lipinski definition) is 2. The molecule has 0 bridgehead atoms. The van der Waals surface area contributed by atoms with Gasteiger partial charge in [-0.3, -0.25) is 0 Å². The number of rotatable bonds is 2. The lowest BCUT2D eigenvalue weighted by atomic mass is 10.0. The zero-order valence-corrected chi connectivity index (χ0v) is 9.87. The van der Waals surface area contributed by atoms with E-state index in [0.717, 1.165) is 5.75 Å². The van der Waals surface area contributed by atoms with Crippen LogP contribution in [0, 0.1) is 12.3 Å². The van der Waals surface area contributed by atoms with Gasteiger partial charge in [0.1, 0.15) is 5.75 Å². The van der Waals surface area contributed by atoms with Crippen LogP contribution in [-0.4, -0.2) is 13.2 Å². The fourth-order valence-electron chi connectivity index (χ4n) is 2.35. The van der Waals surface area contributed by atoms with E-state index in [9.17, 15) is 0 Å². The molecule has 0 heterocycles. The van der Waals surface area contributed by atoms with E-state index in [2.05, 4.69) is 39.0 Å². The van der Waals surface area contributed by atoms with Crippen LogP contribution in [0.15, 0.2) is 18.2 Å². The summed E-state index contributed by atoms with van der Waals surface area (Å²) >= 11 is 0. The predicted molar refractivity (Wildman–Crippen MR) is 62.2 cm³/mol. The highest BCUT2D eigenvalue weighted by molar-refractivity contribution is 5.45. The zero-order chi connectivity index (χ0) is 11.2. The minimum absolute atomic E-state index is 0.211. The van der Waals surface area contributed by atoms with Gasteiger partial charge in [-0.25, -0.2) is 0 Å². The van der Waals surface area contributed by atoms with E-state index in [4.69, 9.17) is 10.5 Å². The van der Waals surface area contributed by atoms with Gasteiger partial charge in [0.25, 0.3) is 0 Å². The first kappa shape index (κ1) is 10.5. The van der Waals surface area contributed by atoms with Crippen molar-refractivity contribution in [3.8, 4) is 5.75 Å². The first-order valence-corrected chi connectivity index (χ1v) is 5.38. The van der Waals surface area contributed by atoms with E-state index in [1.54, 1.807) is 7.11 Å². The number of nitrogens with two attached hydrogens (primary N) is 1. The van der Waals surface area contributed by atoms with Crippen LogP contribution in [0.3, 0.4) is 0 Å². The van der Waals surface area contributed by atoms with Crippen LogP contribution >= 0.6 is 0 Å². The average molecular weight is 205 g/mol. The summed E-state index contributed by atoms with van der Waals surface area (Å²) in [5.74, 6) is 1.41. The van der Waals surface area contributed by atoms with Crippen molar-refractivity contribution in [1.29, 1.82) is 0 Å². The minimum Gasteiger partial charge on any atom is -0.496 e. The average Bonchev–Trinajstić information content (AvgIpc) is 2.67. The summed E-state index contributed by atoms with van der Waals surface area (Å²) in [6.45, 7) is 6.49. The Balaban J connectivity index is 2.38. The predicted octanol–water partition coefficient (Wildman–Crippen LogP) is 2.45. The number of benzene rings is 1. The molecule has 1 aliphatic carbocycles. The van der Waals surface area contributed by atoms with Gasteiger partial charge < -0.3 is 10.5 Å². The van der Waals surface area contributed by atoms with E-state index in [1.807, 2.05) is 0 Å². The van der Waals surface area contributed by atoms with E-state index in [0.29, 0.717) is 5.92 Å². The van der Waals surface area contributed by atoms with Gasteiger partial charge in [-0.05, 0) is 29.5 Å². The molecular weight excluding hydrogens is 186 g/mol. The Hall–Kier alpha value is -1.02. The van der Waals surface area contributed by atoms with Gasteiger partial charge in [-0.1, -0.05) is 26.0 Å². The lowest BCUT2D eigenvalue weighted by Crippen LogP contribution is -2.06. The third-order valence-electron chi connectivity index (χ3n) is 3.63. The fraction of sp³-hybridized carbons (Fsp3) is 0.538. The molecule has 2 rings (SSSR count). The molecular formula is C13H19NO. The number of hydrogen-bond donors (Lipinski definition) is 1. The highest BCUT2D eigenvalue weighted by Gasteiger charge is 2.57. The topological polar surface area (TPSA) is 35.2 Å². The summed E-state index contributed by atoms with van der Waals surface area (Å²) in [5, 5.41) is 0. The molecule has 2 heteroatoms. The SMILES string of the molecule is COc1cc(C)ccc1[C@H]1[C@H](N)C1(C)C. The van der Waals surface area contributed by atoms with Gasteiger partial charge in [0, 0.05) is 12.0 Å². The molecule has 0 saturated heterocycles. The van der Waals surface area contributed by atoms with Crippen LogP contribution in [0.4, 0.5) is 0 Å². The second-order valence-corrected chi connectivity index (χ2v) is 5.07. The smallest absolute Gasteiger partial charge is 0.122 e. The summed E-state index contributed by atoms with van der Waals surface area (Å²) in [6, 6.07) is 6.61. The van der Waals surface area contributed by atoms with E-state index in [1.165, 1.54) is 11.1 Å². The molecule has 82 valence electrons. The first-order valence-electron chi connectivity index (χ1n) is 5.38. The Labute approximate surface area is 91.4 Å². The monoisotopic (exact) mass is 205 g/mol. The van der Waals surface area contributed by atoms with E-state index < -0.39 is 0 Å². The summed E-state index contributed by atoms with van der Waals surface area (Å²) in [4.78, 5) is 0.